The summed E-state index contributed by atoms with van der Waals surface area (Å²) in [6, 6.07) is 9.59. The molecule has 94 valence electrons. The van der Waals surface area contributed by atoms with Crippen molar-refractivity contribution < 1.29 is 0 Å². The Bertz CT molecular complexity index is 573. The molecule has 0 saturated carbocycles. The van der Waals surface area contributed by atoms with Gasteiger partial charge >= 0.3 is 0 Å². The monoisotopic (exact) mass is 324 g/mol. The Morgan fingerprint density at radius 3 is 2.28 bits per heavy atom. The van der Waals surface area contributed by atoms with Crippen LogP contribution in [0.3, 0.4) is 0 Å². The molecule has 0 fully saturated rings. The van der Waals surface area contributed by atoms with Crippen molar-refractivity contribution in [1.29, 1.82) is 0 Å². The molecule has 0 aromatic heterocycles. The standard InChI is InChI=1S/C14H14BrClN2/c1-8-5-11(6-9(2)14(8)15)18-13-4-3-10(17)7-12(13)16/h3-7,18H,17H2,1-2H3. The fourth-order valence-electron chi connectivity index (χ4n) is 1.81. The summed E-state index contributed by atoms with van der Waals surface area (Å²) in [7, 11) is 0. The third-order valence-corrected chi connectivity index (χ3v) is 4.27. The van der Waals surface area contributed by atoms with Gasteiger partial charge in [-0.2, -0.15) is 0 Å². The van der Waals surface area contributed by atoms with E-state index in [1.54, 1.807) is 6.07 Å². The summed E-state index contributed by atoms with van der Waals surface area (Å²) in [5.41, 5.74) is 10.6. The number of anilines is 3. The molecule has 2 aromatic rings. The van der Waals surface area contributed by atoms with E-state index >= 15 is 0 Å². The molecule has 0 aliphatic heterocycles. The topological polar surface area (TPSA) is 38.0 Å². The molecular formula is C14H14BrClN2. The van der Waals surface area contributed by atoms with Gasteiger partial charge in [0.25, 0.3) is 0 Å². The number of nitrogen functional groups attached to an aromatic ring is 1. The van der Waals surface area contributed by atoms with Crippen molar-refractivity contribution in [2.75, 3.05) is 11.1 Å². The summed E-state index contributed by atoms with van der Waals surface area (Å²) in [6.07, 6.45) is 0. The van der Waals surface area contributed by atoms with Gasteiger partial charge < -0.3 is 11.1 Å². The molecule has 0 spiro atoms. The third-order valence-electron chi connectivity index (χ3n) is 2.71. The zero-order valence-corrected chi connectivity index (χ0v) is 12.6. The summed E-state index contributed by atoms with van der Waals surface area (Å²) in [5.74, 6) is 0. The van der Waals surface area contributed by atoms with Crippen molar-refractivity contribution in [2.45, 2.75) is 13.8 Å². The molecule has 3 N–H and O–H groups in total. The van der Waals surface area contributed by atoms with Gasteiger partial charge in [0.05, 0.1) is 10.7 Å². The lowest BCUT2D eigenvalue weighted by molar-refractivity contribution is 1.33. The molecule has 2 nitrogen and oxygen atoms in total. The predicted molar refractivity (Wildman–Crippen MR) is 82.8 cm³/mol. The molecule has 0 radical (unpaired) electrons. The van der Waals surface area contributed by atoms with E-state index in [0.717, 1.165) is 15.8 Å². The lowest BCUT2D eigenvalue weighted by Gasteiger charge is -2.12. The summed E-state index contributed by atoms with van der Waals surface area (Å²) in [6.45, 7) is 4.12. The Labute approximate surface area is 120 Å². The Kier molecular flexibility index (Phi) is 3.83. The molecule has 2 aromatic carbocycles. The van der Waals surface area contributed by atoms with E-state index in [9.17, 15) is 0 Å². The molecule has 0 unspecified atom stereocenters. The number of aryl methyl sites for hydroxylation is 2. The maximum atomic E-state index is 6.14. The Morgan fingerprint density at radius 1 is 1.11 bits per heavy atom. The number of nitrogens with one attached hydrogen (secondary N) is 1. The van der Waals surface area contributed by atoms with E-state index in [-0.39, 0.29) is 0 Å². The van der Waals surface area contributed by atoms with Crippen LogP contribution in [0.1, 0.15) is 11.1 Å². The molecule has 0 amide bonds. The highest BCUT2D eigenvalue weighted by atomic mass is 79.9. The number of rotatable bonds is 2. The van der Waals surface area contributed by atoms with Crippen molar-refractivity contribution >= 4 is 44.6 Å². The molecule has 0 aliphatic carbocycles. The normalized spacial score (nSPS) is 10.4. The van der Waals surface area contributed by atoms with E-state index in [2.05, 4.69) is 47.2 Å². The van der Waals surface area contributed by atoms with Crippen LogP contribution < -0.4 is 11.1 Å². The van der Waals surface area contributed by atoms with Crippen LogP contribution in [0.25, 0.3) is 0 Å². The average Bonchev–Trinajstić information content (AvgIpc) is 2.29. The fraction of sp³-hybridized carbons (Fsp3) is 0.143. The van der Waals surface area contributed by atoms with Crippen molar-refractivity contribution in [2.24, 2.45) is 0 Å². The van der Waals surface area contributed by atoms with Crippen LogP contribution in [0.5, 0.6) is 0 Å². The second-order valence-corrected chi connectivity index (χ2v) is 5.49. The third kappa shape index (κ3) is 2.79. The minimum Gasteiger partial charge on any atom is -0.399 e. The molecule has 0 atom stereocenters. The van der Waals surface area contributed by atoms with E-state index in [4.69, 9.17) is 17.3 Å². The van der Waals surface area contributed by atoms with Crippen LogP contribution >= 0.6 is 27.5 Å². The summed E-state index contributed by atoms with van der Waals surface area (Å²) >= 11 is 9.69. The lowest BCUT2D eigenvalue weighted by atomic mass is 10.1. The Balaban J connectivity index is 2.34. The number of hydrogen-bond acceptors (Lipinski definition) is 2. The molecule has 0 heterocycles. The number of hydrogen-bond donors (Lipinski definition) is 2. The number of benzene rings is 2. The van der Waals surface area contributed by atoms with Crippen molar-refractivity contribution in [3.05, 3.63) is 51.0 Å². The minimum atomic E-state index is 0.619. The quantitative estimate of drug-likeness (QED) is 0.759. The number of halogens is 2. The van der Waals surface area contributed by atoms with Crippen molar-refractivity contribution in [3.63, 3.8) is 0 Å². The van der Waals surface area contributed by atoms with E-state index in [1.807, 2.05) is 12.1 Å². The highest BCUT2D eigenvalue weighted by Crippen LogP contribution is 2.30. The molecule has 2 rings (SSSR count). The van der Waals surface area contributed by atoms with Gasteiger partial charge in [0.1, 0.15) is 0 Å². The summed E-state index contributed by atoms with van der Waals surface area (Å²) in [4.78, 5) is 0. The van der Waals surface area contributed by atoms with Crippen molar-refractivity contribution in [3.8, 4) is 0 Å². The summed E-state index contributed by atoms with van der Waals surface area (Å²) < 4.78 is 1.14. The first-order valence-corrected chi connectivity index (χ1v) is 6.73. The zero-order valence-electron chi connectivity index (χ0n) is 10.2. The molecule has 0 bridgehead atoms. The average molecular weight is 326 g/mol. The first-order chi connectivity index (χ1) is 8.47. The minimum absolute atomic E-state index is 0.619. The van der Waals surface area contributed by atoms with Crippen molar-refractivity contribution in [1.82, 2.24) is 0 Å². The second-order valence-electron chi connectivity index (χ2n) is 4.29. The van der Waals surface area contributed by atoms with E-state index in [1.165, 1.54) is 11.1 Å². The highest BCUT2D eigenvalue weighted by Gasteiger charge is 2.05. The van der Waals surface area contributed by atoms with Gasteiger partial charge in [-0.25, -0.2) is 0 Å². The lowest BCUT2D eigenvalue weighted by Crippen LogP contribution is -1.94. The van der Waals surface area contributed by atoms with Crippen LogP contribution in [-0.4, -0.2) is 0 Å². The highest BCUT2D eigenvalue weighted by molar-refractivity contribution is 9.10. The first kappa shape index (κ1) is 13.2. The van der Waals surface area contributed by atoms with Crippen LogP contribution in [-0.2, 0) is 0 Å². The largest absolute Gasteiger partial charge is 0.399 e. The predicted octanol–water partition coefficient (Wildman–Crippen LogP) is 5.05. The second kappa shape index (κ2) is 5.21. The van der Waals surface area contributed by atoms with Crippen LogP contribution in [0.2, 0.25) is 5.02 Å². The molecule has 0 saturated heterocycles. The van der Waals surface area contributed by atoms with Gasteiger partial charge in [0.15, 0.2) is 0 Å². The Morgan fingerprint density at radius 2 is 1.72 bits per heavy atom. The van der Waals surface area contributed by atoms with Gasteiger partial charge in [-0.3, -0.25) is 0 Å². The van der Waals surface area contributed by atoms with Crippen LogP contribution in [0.15, 0.2) is 34.8 Å². The smallest absolute Gasteiger partial charge is 0.0661 e. The molecule has 18 heavy (non-hydrogen) atoms. The Hall–Kier alpha value is -1.19. The van der Waals surface area contributed by atoms with E-state index in [0.29, 0.717) is 10.7 Å². The first-order valence-electron chi connectivity index (χ1n) is 5.56. The van der Waals surface area contributed by atoms with E-state index < -0.39 is 0 Å². The van der Waals surface area contributed by atoms with Crippen LogP contribution in [0, 0.1) is 13.8 Å². The van der Waals surface area contributed by atoms with Gasteiger partial charge in [-0.15, -0.1) is 0 Å². The van der Waals surface area contributed by atoms with Gasteiger partial charge in [0, 0.05) is 15.8 Å². The maximum Gasteiger partial charge on any atom is 0.0661 e. The molecular weight excluding hydrogens is 312 g/mol. The fourth-order valence-corrected chi connectivity index (χ4v) is 2.27. The van der Waals surface area contributed by atoms with Gasteiger partial charge in [0.2, 0.25) is 0 Å². The van der Waals surface area contributed by atoms with Crippen LogP contribution in [0.4, 0.5) is 17.1 Å². The zero-order chi connectivity index (χ0) is 13.3. The summed E-state index contributed by atoms with van der Waals surface area (Å²) in [5, 5.41) is 3.92. The molecule has 4 heteroatoms. The SMILES string of the molecule is Cc1cc(Nc2ccc(N)cc2Cl)cc(C)c1Br. The molecule has 0 aliphatic rings. The van der Waals surface area contributed by atoms with Gasteiger partial charge in [-0.1, -0.05) is 27.5 Å². The maximum absolute atomic E-state index is 6.14. The number of nitrogens with two attached hydrogens (primary N) is 1. The van der Waals surface area contributed by atoms with Gasteiger partial charge in [-0.05, 0) is 55.3 Å².